The van der Waals surface area contributed by atoms with Crippen LogP contribution >= 0.6 is 0 Å². The third-order valence-electron chi connectivity index (χ3n) is 5.03. The van der Waals surface area contributed by atoms with E-state index in [1.54, 1.807) is 31.6 Å². The van der Waals surface area contributed by atoms with Gasteiger partial charge in [0.15, 0.2) is 0 Å². The quantitative estimate of drug-likeness (QED) is 0.823. The predicted octanol–water partition coefficient (Wildman–Crippen LogP) is 2.25. The molecular formula is C20H23N3O4. The second kappa shape index (κ2) is 7.15. The standard InChI is InChI=1S/C20H23N3O4/c1-14-10-21-11-18(22-14)27-17-6-7-26-20(9-17)12-23(13-20)19(24)15-4-3-5-16(8-15)25-2/h3-5,8,10-11,17H,6-7,9,12-13H2,1-2H3. The zero-order valence-corrected chi connectivity index (χ0v) is 15.6. The number of likely N-dealkylation sites (tertiary alicyclic amines) is 1. The number of hydrogen-bond donors (Lipinski definition) is 0. The fourth-order valence-electron chi connectivity index (χ4n) is 3.70. The van der Waals surface area contributed by atoms with Crippen molar-refractivity contribution in [1.29, 1.82) is 0 Å². The van der Waals surface area contributed by atoms with E-state index in [0.717, 1.165) is 18.5 Å². The lowest BCUT2D eigenvalue weighted by Gasteiger charge is -2.52. The minimum Gasteiger partial charge on any atom is -0.497 e. The number of aryl methyl sites for hydroxylation is 1. The van der Waals surface area contributed by atoms with Gasteiger partial charge in [-0.25, -0.2) is 4.98 Å². The number of ether oxygens (including phenoxy) is 3. The van der Waals surface area contributed by atoms with Crippen molar-refractivity contribution < 1.29 is 19.0 Å². The van der Waals surface area contributed by atoms with E-state index in [1.165, 1.54) is 0 Å². The normalized spacial score (nSPS) is 20.8. The topological polar surface area (TPSA) is 73.8 Å². The molecule has 1 aromatic carbocycles. The molecule has 0 bridgehead atoms. The fraction of sp³-hybridized carbons (Fsp3) is 0.450. The van der Waals surface area contributed by atoms with Gasteiger partial charge in [-0.1, -0.05) is 6.07 Å². The first-order valence-corrected chi connectivity index (χ1v) is 9.09. The number of aromatic nitrogens is 2. The third-order valence-corrected chi connectivity index (χ3v) is 5.03. The van der Waals surface area contributed by atoms with Gasteiger partial charge in [-0.15, -0.1) is 0 Å². The summed E-state index contributed by atoms with van der Waals surface area (Å²) in [4.78, 5) is 23.0. The summed E-state index contributed by atoms with van der Waals surface area (Å²) in [6.45, 7) is 3.65. The Kier molecular flexibility index (Phi) is 4.70. The van der Waals surface area contributed by atoms with Gasteiger partial charge < -0.3 is 19.1 Å². The molecule has 0 aliphatic carbocycles. The molecule has 27 heavy (non-hydrogen) atoms. The molecule has 2 aliphatic rings. The van der Waals surface area contributed by atoms with Crippen molar-refractivity contribution in [2.24, 2.45) is 0 Å². The van der Waals surface area contributed by atoms with Crippen LogP contribution < -0.4 is 9.47 Å². The van der Waals surface area contributed by atoms with E-state index >= 15 is 0 Å². The van der Waals surface area contributed by atoms with Crippen LogP contribution in [0.3, 0.4) is 0 Å². The highest BCUT2D eigenvalue weighted by Gasteiger charge is 2.50. The van der Waals surface area contributed by atoms with Gasteiger partial charge in [0.25, 0.3) is 5.91 Å². The Hall–Kier alpha value is -2.67. The van der Waals surface area contributed by atoms with Crippen LogP contribution in [0, 0.1) is 6.92 Å². The molecule has 2 saturated heterocycles. The van der Waals surface area contributed by atoms with Crippen LogP contribution in [-0.4, -0.2) is 59.3 Å². The Bertz CT molecular complexity index is 835. The zero-order chi connectivity index (χ0) is 18.9. The van der Waals surface area contributed by atoms with Gasteiger partial charge in [0.1, 0.15) is 17.5 Å². The largest absolute Gasteiger partial charge is 0.497 e. The van der Waals surface area contributed by atoms with Gasteiger partial charge in [-0.3, -0.25) is 9.78 Å². The van der Waals surface area contributed by atoms with Crippen molar-refractivity contribution in [1.82, 2.24) is 14.9 Å². The molecule has 1 unspecified atom stereocenters. The summed E-state index contributed by atoms with van der Waals surface area (Å²) in [5.41, 5.74) is 1.13. The van der Waals surface area contributed by atoms with Crippen molar-refractivity contribution in [3.8, 4) is 11.6 Å². The van der Waals surface area contributed by atoms with Crippen molar-refractivity contribution in [2.45, 2.75) is 31.5 Å². The second-order valence-corrected chi connectivity index (χ2v) is 7.16. The summed E-state index contributed by atoms with van der Waals surface area (Å²) < 4.78 is 17.2. The van der Waals surface area contributed by atoms with Crippen LogP contribution in [0.2, 0.25) is 0 Å². The van der Waals surface area contributed by atoms with Crippen molar-refractivity contribution >= 4 is 5.91 Å². The van der Waals surface area contributed by atoms with E-state index in [4.69, 9.17) is 14.2 Å². The highest BCUT2D eigenvalue weighted by molar-refractivity contribution is 5.95. The van der Waals surface area contributed by atoms with Crippen LogP contribution in [0.1, 0.15) is 28.9 Å². The molecule has 7 heteroatoms. The molecule has 3 heterocycles. The highest BCUT2D eigenvalue weighted by Crippen LogP contribution is 2.36. The van der Waals surface area contributed by atoms with Crippen molar-refractivity contribution in [3.05, 3.63) is 47.9 Å². The number of benzene rings is 1. The smallest absolute Gasteiger partial charge is 0.254 e. The molecule has 2 fully saturated rings. The third kappa shape index (κ3) is 3.73. The van der Waals surface area contributed by atoms with Crippen LogP contribution in [0.5, 0.6) is 11.6 Å². The first-order valence-electron chi connectivity index (χ1n) is 9.09. The number of carbonyl (C=O) groups excluding carboxylic acids is 1. The molecule has 1 aromatic heterocycles. The maximum atomic E-state index is 12.7. The maximum Gasteiger partial charge on any atom is 0.254 e. The lowest BCUT2D eigenvalue weighted by molar-refractivity contribution is -0.174. The van der Waals surface area contributed by atoms with Gasteiger partial charge in [0, 0.05) is 24.6 Å². The number of carbonyl (C=O) groups is 1. The molecule has 1 amide bonds. The first-order chi connectivity index (χ1) is 13.1. The molecule has 1 spiro atoms. The molecule has 0 radical (unpaired) electrons. The Balaban J connectivity index is 1.37. The molecule has 7 nitrogen and oxygen atoms in total. The van der Waals surface area contributed by atoms with Crippen LogP contribution in [-0.2, 0) is 4.74 Å². The minimum atomic E-state index is -0.325. The van der Waals surface area contributed by atoms with Crippen LogP contribution in [0.15, 0.2) is 36.7 Å². The second-order valence-electron chi connectivity index (χ2n) is 7.16. The summed E-state index contributed by atoms with van der Waals surface area (Å²) in [5, 5.41) is 0. The monoisotopic (exact) mass is 369 g/mol. The van der Waals surface area contributed by atoms with E-state index in [-0.39, 0.29) is 17.6 Å². The molecule has 2 aromatic rings. The predicted molar refractivity (Wildman–Crippen MR) is 98.0 cm³/mol. The van der Waals surface area contributed by atoms with E-state index in [0.29, 0.717) is 36.9 Å². The number of amides is 1. The molecular weight excluding hydrogens is 346 g/mol. The average Bonchev–Trinajstić information content (AvgIpc) is 2.66. The SMILES string of the molecule is COc1cccc(C(=O)N2CC3(CC(Oc4cncc(C)n4)CCO3)C2)c1. The van der Waals surface area contributed by atoms with E-state index in [1.807, 2.05) is 24.0 Å². The molecule has 1 atom stereocenters. The van der Waals surface area contributed by atoms with E-state index in [2.05, 4.69) is 9.97 Å². The number of nitrogens with zero attached hydrogens (tertiary/aromatic N) is 3. The summed E-state index contributed by atoms with van der Waals surface area (Å²) >= 11 is 0. The molecule has 0 saturated carbocycles. The van der Waals surface area contributed by atoms with Gasteiger partial charge in [-0.05, 0) is 25.1 Å². The number of methoxy groups -OCH3 is 1. The first kappa shape index (κ1) is 17.7. The van der Waals surface area contributed by atoms with Gasteiger partial charge >= 0.3 is 0 Å². The lowest BCUT2D eigenvalue weighted by Crippen LogP contribution is -2.67. The highest BCUT2D eigenvalue weighted by atomic mass is 16.5. The van der Waals surface area contributed by atoms with E-state index in [9.17, 15) is 4.79 Å². The van der Waals surface area contributed by atoms with Crippen molar-refractivity contribution in [3.63, 3.8) is 0 Å². The fourth-order valence-corrected chi connectivity index (χ4v) is 3.70. The Morgan fingerprint density at radius 2 is 2.19 bits per heavy atom. The van der Waals surface area contributed by atoms with Crippen LogP contribution in [0.4, 0.5) is 0 Å². The number of rotatable bonds is 4. The summed E-state index contributed by atoms with van der Waals surface area (Å²) in [6, 6.07) is 7.22. The Morgan fingerprint density at radius 3 is 2.96 bits per heavy atom. The van der Waals surface area contributed by atoms with Crippen LogP contribution in [0.25, 0.3) is 0 Å². The molecule has 0 N–H and O–H groups in total. The zero-order valence-electron chi connectivity index (χ0n) is 15.6. The molecule has 2 aliphatic heterocycles. The summed E-state index contributed by atoms with van der Waals surface area (Å²) in [7, 11) is 1.59. The summed E-state index contributed by atoms with van der Waals surface area (Å²) in [6.07, 6.45) is 4.90. The maximum absolute atomic E-state index is 12.7. The van der Waals surface area contributed by atoms with E-state index < -0.39 is 0 Å². The Labute approximate surface area is 158 Å². The van der Waals surface area contributed by atoms with Crippen molar-refractivity contribution in [2.75, 3.05) is 26.8 Å². The molecule has 142 valence electrons. The average molecular weight is 369 g/mol. The summed E-state index contributed by atoms with van der Waals surface area (Å²) in [5.74, 6) is 1.22. The lowest BCUT2D eigenvalue weighted by atomic mass is 9.84. The Morgan fingerprint density at radius 1 is 1.33 bits per heavy atom. The van der Waals surface area contributed by atoms with Gasteiger partial charge in [0.2, 0.25) is 5.88 Å². The number of hydrogen-bond acceptors (Lipinski definition) is 6. The molecule has 4 rings (SSSR count). The van der Waals surface area contributed by atoms with Gasteiger partial charge in [-0.2, -0.15) is 0 Å². The van der Waals surface area contributed by atoms with Gasteiger partial charge in [0.05, 0.1) is 38.7 Å². The minimum absolute atomic E-state index is 0.00397.